The monoisotopic (exact) mass is 418 g/mol. The Balaban J connectivity index is 0. The Bertz CT molecular complexity index is 313. The summed E-state index contributed by atoms with van der Waals surface area (Å²) in [6.45, 7) is 3.55. The van der Waals surface area contributed by atoms with E-state index in [1.54, 1.807) is 22.6 Å². The molecule has 1 saturated heterocycles. The molecule has 9 heteroatoms. The lowest BCUT2D eigenvalue weighted by Crippen LogP contribution is -2.50. The molecule has 0 bridgehead atoms. The zero-order valence-corrected chi connectivity index (χ0v) is 14.6. The molecule has 124 valence electrons. The van der Waals surface area contributed by atoms with Gasteiger partial charge in [-0.05, 0) is 12.8 Å². The van der Waals surface area contributed by atoms with Gasteiger partial charge < -0.3 is 25.6 Å². The summed E-state index contributed by atoms with van der Waals surface area (Å²) >= 11 is 1.78. The van der Waals surface area contributed by atoms with Crippen molar-refractivity contribution in [2.24, 2.45) is 5.73 Å². The van der Waals surface area contributed by atoms with Crippen molar-refractivity contribution in [3.63, 3.8) is 0 Å². The Morgan fingerprint density at radius 1 is 1.43 bits per heavy atom. The average molecular weight is 418 g/mol. The van der Waals surface area contributed by atoms with E-state index in [2.05, 4.69) is 10.1 Å². The Labute approximate surface area is 137 Å². The van der Waals surface area contributed by atoms with Crippen LogP contribution in [-0.2, 0) is 23.9 Å². The highest BCUT2D eigenvalue weighted by molar-refractivity contribution is 14.1. The molecule has 1 rings (SSSR count). The first kappa shape index (κ1) is 22.3. The number of esters is 1. The number of halogens is 1. The van der Waals surface area contributed by atoms with Gasteiger partial charge in [0, 0.05) is 20.5 Å². The first-order valence-corrected chi connectivity index (χ1v) is 7.73. The van der Waals surface area contributed by atoms with Crippen LogP contribution in [0, 0.1) is 0 Å². The molecule has 0 aliphatic carbocycles. The van der Waals surface area contributed by atoms with E-state index in [1.807, 2.05) is 0 Å². The summed E-state index contributed by atoms with van der Waals surface area (Å²) in [7, 11) is 1.35. The predicted molar refractivity (Wildman–Crippen MR) is 85.0 cm³/mol. The van der Waals surface area contributed by atoms with Crippen LogP contribution in [0.2, 0.25) is 0 Å². The number of aliphatic carboxylic acids is 1. The molecule has 4 N–H and O–H groups in total. The normalized spacial score (nSPS) is 19.9. The van der Waals surface area contributed by atoms with Gasteiger partial charge in [0.25, 0.3) is 0 Å². The maximum absolute atomic E-state index is 10.6. The largest absolute Gasteiger partial charge is 0.481 e. The van der Waals surface area contributed by atoms with Crippen LogP contribution >= 0.6 is 22.6 Å². The molecule has 0 aromatic heterocycles. The van der Waals surface area contributed by atoms with Gasteiger partial charge in [0.1, 0.15) is 6.23 Å². The van der Waals surface area contributed by atoms with Gasteiger partial charge in [-0.15, -0.1) is 0 Å². The Hall–Kier alpha value is -0.940. The van der Waals surface area contributed by atoms with E-state index in [0.717, 1.165) is 12.8 Å². The second-order valence-electron chi connectivity index (χ2n) is 4.01. The summed E-state index contributed by atoms with van der Waals surface area (Å²) in [6, 6.07) is 0.00116. The van der Waals surface area contributed by atoms with Crippen LogP contribution in [-0.4, -0.2) is 53.4 Å². The van der Waals surface area contributed by atoms with Crippen LogP contribution in [0.4, 0.5) is 0 Å². The summed E-state index contributed by atoms with van der Waals surface area (Å²) in [6.07, 6.45) is 1.56. The van der Waals surface area contributed by atoms with E-state index in [9.17, 15) is 14.4 Å². The number of nitrogens with one attached hydrogen (secondary N) is 1. The second kappa shape index (κ2) is 14.0. The third-order valence-corrected chi connectivity index (χ3v) is 2.81. The van der Waals surface area contributed by atoms with Crippen molar-refractivity contribution in [2.45, 2.75) is 39.0 Å². The highest BCUT2D eigenvalue weighted by Crippen LogP contribution is 2.09. The number of hydrogen-bond donors (Lipinski definition) is 3. The lowest BCUT2D eigenvalue weighted by molar-refractivity contribution is -0.138. The fraction of sp³-hybridized carbons (Fsp3) is 0.750. The molecule has 1 aliphatic rings. The molecule has 0 saturated carbocycles. The van der Waals surface area contributed by atoms with E-state index in [0.29, 0.717) is 6.61 Å². The summed E-state index contributed by atoms with van der Waals surface area (Å²) in [5.74, 6) is -1.05. The summed E-state index contributed by atoms with van der Waals surface area (Å²) < 4.78 is 9.46. The van der Waals surface area contributed by atoms with Crippen molar-refractivity contribution in [1.29, 1.82) is 0 Å². The van der Waals surface area contributed by atoms with Gasteiger partial charge in [-0.1, -0.05) is 22.6 Å². The molecule has 2 unspecified atom stereocenters. The number of carboxylic acids is 1. The maximum atomic E-state index is 10.6. The highest BCUT2D eigenvalue weighted by atomic mass is 127. The quantitative estimate of drug-likeness (QED) is 0.334. The Morgan fingerprint density at radius 2 is 1.90 bits per heavy atom. The number of rotatable bonds is 2. The number of ether oxygens (including phenoxy) is 2. The van der Waals surface area contributed by atoms with Gasteiger partial charge in [-0.3, -0.25) is 14.4 Å². The third kappa shape index (κ3) is 17.0. The smallest absolute Gasteiger partial charge is 0.313 e. The van der Waals surface area contributed by atoms with Gasteiger partial charge in [0.05, 0.1) is 17.6 Å². The Kier molecular flexibility index (Phi) is 14.9. The van der Waals surface area contributed by atoms with Crippen molar-refractivity contribution >= 4 is 40.4 Å². The summed E-state index contributed by atoms with van der Waals surface area (Å²) in [4.78, 5) is 29.6. The molecule has 8 nitrogen and oxygen atoms in total. The average Bonchev–Trinajstić information content (AvgIpc) is 2.42. The van der Waals surface area contributed by atoms with Crippen LogP contribution in [0.1, 0.15) is 26.7 Å². The van der Waals surface area contributed by atoms with Crippen molar-refractivity contribution in [3.8, 4) is 0 Å². The number of alkyl halides is 1. The second-order valence-corrected chi connectivity index (χ2v) is 4.77. The molecular weight excluding hydrogens is 395 g/mol. The summed E-state index contributed by atoms with van der Waals surface area (Å²) in [5.41, 5.74) is 5.59. The topological polar surface area (TPSA) is 128 Å². The van der Waals surface area contributed by atoms with Crippen molar-refractivity contribution in [3.05, 3.63) is 0 Å². The molecule has 0 aromatic carbocycles. The number of carbonyl (C=O) groups excluding carboxylic acids is 2. The molecule has 21 heavy (non-hydrogen) atoms. The molecule has 2 atom stereocenters. The molecule has 1 fully saturated rings. The molecule has 0 aromatic rings. The van der Waals surface area contributed by atoms with Gasteiger partial charge in [0.15, 0.2) is 0 Å². The van der Waals surface area contributed by atoms with E-state index in [4.69, 9.17) is 15.6 Å². The minimum absolute atomic E-state index is 0.00116. The predicted octanol–water partition coefficient (Wildman–Crippen LogP) is 0.272. The van der Waals surface area contributed by atoms with Crippen molar-refractivity contribution in [1.82, 2.24) is 5.32 Å². The van der Waals surface area contributed by atoms with Gasteiger partial charge in [-0.2, -0.15) is 0 Å². The van der Waals surface area contributed by atoms with E-state index < -0.39 is 5.97 Å². The van der Waals surface area contributed by atoms with Gasteiger partial charge >= 0.3 is 11.9 Å². The summed E-state index contributed by atoms with van der Waals surface area (Å²) in [5, 5.41) is 10.5. The molecule has 1 amide bonds. The number of amides is 1. The zero-order chi connectivity index (χ0) is 16.8. The highest BCUT2D eigenvalue weighted by Gasteiger charge is 2.22. The third-order valence-electron chi connectivity index (χ3n) is 2.16. The van der Waals surface area contributed by atoms with Crippen molar-refractivity contribution in [2.75, 3.05) is 18.1 Å². The maximum Gasteiger partial charge on any atom is 0.313 e. The van der Waals surface area contributed by atoms with Crippen LogP contribution in [0.15, 0.2) is 0 Å². The number of methoxy groups -OCH3 is 1. The first-order valence-electron chi connectivity index (χ1n) is 6.21. The standard InChI is InChI=1S/C7H14N2O2.C3H6O2.C2H3IO2/c1-5(10)9-6-3-2-4-11-7(6)8;1-3(4)5-2;3-1-2(4)5/h6-7H,2-4,8H2,1H3,(H,9,10);1-2H3;1H2,(H,4,5). The minimum Gasteiger partial charge on any atom is -0.481 e. The SMILES string of the molecule is CC(=O)NC1CCCOC1N.COC(C)=O.O=C(O)CI. The number of carboxylic acid groups (broad SMARTS) is 1. The minimum atomic E-state index is -0.759. The van der Waals surface area contributed by atoms with Crippen LogP contribution in [0.5, 0.6) is 0 Å². The van der Waals surface area contributed by atoms with Crippen LogP contribution in [0.3, 0.4) is 0 Å². The Morgan fingerprint density at radius 3 is 2.19 bits per heavy atom. The van der Waals surface area contributed by atoms with Crippen molar-refractivity contribution < 1.29 is 29.0 Å². The van der Waals surface area contributed by atoms with Crippen LogP contribution < -0.4 is 11.1 Å². The lowest BCUT2D eigenvalue weighted by atomic mass is 10.1. The molecule has 0 radical (unpaired) electrons. The molecule has 1 aliphatic heterocycles. The number of nitrogens with two attached hydrogens (primary N) is 1. The van der Waals surface area contributed by atoms with E-state index in [-0.39, 0.29) is 28.6 Å². The van der Waals surface area contributed by atoms with Gasteiger partial charge in [0.2, 0.25) is 5.91 Å². The van der Waals surface area contributed by atoms with E-state index in [1.165, 1.54) is 21.0 Å². The van der Waals surface area contributed by atoms with E-state index >= 15 is 0 Å². The number of hydrogen-bond acceptors (Lipinski definition) is 6. The fourth-order valence-corrected chi connectivity index (χ4v) is 1.22. The molecule has 1 heterocycles. The van der Waals surface area contributed by atoms with Gasteiger partial charge in [-0.25, -0.2) is 0 Å². The zero-order valence-electron chi connectivity index (χ0n) is 12.4. The molecular formula is C12H23IN2O6. The number of carbonyl (C=O) groups is 3. The first-order chi connectivity index (χ1) is 9.74. The molecule has 0 spiro atoms. The van der Waals surface area contributed by atoms with Crippen LogP contribution in [0.25, 0.3) is 0 Å². The fourth-order valence-electron chi connectivity index (χ4n) is 1.22. The lowest BCUT2D eigenvalue weighted by Gasteiger charge is -2.28.